The molecule has 0 aliphatic heterocycles. The fraction of sp³-hybridized carbons (Fsp3) is 0.0714. The fourth-order valence-electron chi connectivity index (χ4n) is 1.73. The van der Waals surface area contributed by atoms with Crippen LogP contribution in [0.15, 0.2) is 41.3 Å². The van der Waals surface area contributed by atoms with Crippen molar-refractivity contribution in [2.45, 2.75) is 10.6 Å². The number of hydrogen-bond donors (Lipinski definition) is 0. The summed E-state index contributed by atoms with van der Waals surface area (Å²) in [6.07, 6.45) is 0. The van der Waals surface area contributed by atoms with Crippen LogP contribution in [-0.2, 0) is 15.6 Å². The number of halogens is 3. The molecule has 0 fully saturated rings. The Kier molecular flexibility index (Phi) is 4.00. The molecule has 0 N–H and O–H groups in total. The molecule has 108 valence electrons. The number of sulfone groups is 1. The molecular weight excluding hydrogens is 303 g/mol. The van der Waals surface area contributed by atoms with E-state index in [1.165, 1.54) is 6.07 Å². The van der Waals surface area contributed by atoms with E-state index in [9.17, 15) is 21.6 Å². The van der Waals surface area contributed by atoms with Crippen molar-refractivity contribution in [3.63, 3.8) is 0 Å². The van der Waals surface area contributed by atoms with Crippen molar-refractivity contribution < 1.29 is 21.6 Å². The van der Waals surface area contributed by atoms with Gasteiger partial charge in [-0.3, -0.25) is 0 Å². The van der Waals surface area contributed by atoms with Crippen LogP contribution >= 0.6 is 0 Å². The highest BCUT2D eigenvalue weighted by Crippen LogP contribution is 2.22. The lowest BCUT2D eigenvalue weighted by molar-refractivity contribution is 0.551. The Morgan fingerprint density at radius 3 is 2.33 bits per heavy atom. The average Bonchev–Trinajstić information content (AvgIpc) is 2.43. The molecule has 0 atom stereocenters. The number of rotatable bonds is 3. The van der Waals surface area contributed by atoms with Crippen molar-refractivity contribution in [1.29, 1.82) is 5.26 Å². The molecule has 3 nitrogen and oxygen atoms in total. The van der Waals surface area contributed by atoms with Crippen LogP contribution in [0.2, 0.25) is 0 Å². The second-order valence-electron chi connectivity index (χ2n) is 4.25. The highest BCUT2D eigenvalue weighted by Gasteiger charge is 2.22. The maximum Gasteiger partial charge on any atom is 0.185 e. The third kappa shape index (κ3) is 3.23. The quantitative estimate of drug-likeness (QED) is 0.875. The number of nitrogens with zero attached hydrogens (tertiary/aromatic N) is 1. The summed E-state index contributed by atoms with van der Waals surface area (Å²) in [5.41, 5.74) is -0.191. The zero-order valence-corrected chi connectivity index (χ0v) is 11.3. The topological polar surface area (TPSA) is 57.9 Å². The minimum Gasteiger partial charge on any atom is -0.223 e. The molecule has 0 saturated carbocycles. The van der Waals surface area contributed by atoms with Crippen LogP contribution in [0.25, 0.3) is 0 Å². The van der Waals surface area contributed by atoms with E-state index in [1.54, 1.807) is 6.07 Å². The first kappa shape index (κ1) is 15.1. The van der Waals surface area contributed by atoms with Gasteiger partial charge in [0, 0.05) is 5.56 Å². The molecule has 21 heavy (non-hydrogen) atoms. The van der Waals surface area contributed by atoms with Gasteiger partial charge in [0.25, 0.3) is 0 Å². The van der Waals surface area contributed by atoms with Crippen LogP contribution in [0, 0.1) is 28.8 Å². The van der Waals surface area contributed by atoms with Gasteiger partial charge in [-0.2, -0.15) is 5.26 Å². The third-order valence-electron chi connectivity index (χ3n) is 2.76. The number of hydrogen-bond acceptors (Lipinski definition) is 3. The summed E-state index contributed by atoms with van der Waals surface area (Å²) in [4.78, 5) is -0.828. The zero-order chi connectivity index (χ0) is 15.6. The smallest absolute Gasteiger partial charge is 0.185 e. The Balaban J connectivity index is 2.43. The van der Waals surface area contributed by atoms with Crippen LogP contribution in [0.1, 0.15) is 11.1 Å². The highest BCUT2D eigenvalue weighted by molar-refractivity contribution is 7.90. The van der Waals surface area contributed by atoms with Gasteiger partial charge in [0.2, 0.25) is 0 Å². The van der Waals surface area contributed by atoms with Crippen LogP contribution in [-0.4, -0.2) is 8.42 Å². The summed E-state index contributed by atoms with van der Waals surface area (Å²) >= 11 is 0. The first-order valence-electron chi connectivity index (χ1n) is 5.70. The predicted octanol–water partition coefficient (Wildman–Crippen LogP) is 2.95. The monoisotopic (exact) mass is 311 g/mol. The molecule has 0 bridgehead atoms. The molecule has 0 saturated heterocycles. The van der Waals surface area contributed by atoms with Gasteiger partial charge in [-0.25, -0.2) is 21.6 Å². The lowest BCUT2D eigenvalue weighted by Gasteiger charge is -2.07. The van der Waals surface area contributed by atoms with Gasteiger partial charge >= 0.3 is 0 Å². The van der Waals surface area contributed by atoms with Gasteiger partial charge in [0.15, 0.2) is 9.84 Å². The van der Waals surface area contributed by atoms with Crippen LogP contribution in [0.3, 0.4) is 0 Å². The van der Waals surface area contributed by atoms with Crippen molar-refractivity contribution in [2.75, 3.05) is 0 Å². The van der Waals surface area contributed by atoms with Gasteiger partial charge in [-0.15, -0.1) is 0 Å². The van der Waals surface area contributed by atoms with E-state index in [4.69, 9.17) is 5.26 Å². The molecule has 0 aromatic heterocycles. The summed E-state index contributed by atoms with van der Waals surface area (Å²) in [5.74, 6) is -3.74. The first-order valence-corrected chi connectivity index (χ1v) is 7.35. The zero-order valence-electron chi connectivity index (χ0n) is 10.5. The van der Waals surface area contributed by atoms with Crippen molar-refractivity contribution >= 4 is 9.84 Å². The Morgan fingerprint density at radius 2 is 1.71 bits per heavy atom. The Hall–Kier alpha value is -2.33. The van der Waals surface area contributed by atoms with Crippen molar-refractivity contribution in [3.05, 3.63) is 65.0 Å². The normalized spacial score (nSPS) is 11.1. The standard InChI is InChI=1S/C14H8F3NO2S/c15-11-3-4-12(16)14(6-11)21(19,20)8-10-2-1-9(7-18)5-13(10)17/h1-6H,8H2. The van der Waals surface area contributed by atoms with Crippen molar-refractivity contribution in [3.8, 4) is 6.07 Å². The summed E-state index contributed by atoms with van der Waals surface area (Å²) in [5, 5.41) is 8.60. The first-order chi connectivity index (χ1) is 9.83. The summed E-state index contributed by atoms with van der Waals surface area (Å²) < 4.78 is 64.3. The number of benzene rings is 2. The van der Waals surface area contributed by atoms with E-state index in [0.717, 1.165) is 18.2 Å². The van der Waals surface area contributed by atoms with Crippen LogP contribution in [0.5, 0.6) is 0 Å². The molecule has 0 aliphatic rings. The van der Waals surface area contributed by atoms with E-state index >= 15 is 0 Å². The van der Waals surface area contributed by atoms with E-state index < -0.39 is 37.9 Å². The minimum absolute atomic E-state index is 0.0329. The minimum atomic E-state index is -4.25. The lowest BCUT2D eigenvalue weighted by Crippen LogP contribution is -2.09. The van der Waals surface area contributed by atoms with Gasteiger partial charge in [-0.05, 0) is 30.3 Å². The van der Waals surface area contributed by atoms with E-state index in [0.29, 0.717) is 12.1 Å². The third-order valence-corrected chi connectivity index (χ3v) is 4.43. The van der Waals surface area contributed by atoms with Crippen LogP contribution in [0.4, 0.5) is 13.2 Å². The fourth-order valence-corrected chi connectivity index (χ4v) is 3.19. The molecule has 2 aromatic rings. The van der Waals surface area contributed by atoms with Gasteiger partial charge < -0.3 is 0 Å². The molecule has 2 aromatic carbocycles. The molecule has 7 heteroatoms. The van der Waals surface area contributed by atoms with Gasteiger partial charge in [0.1, 0.15) is 22.3 Å². The highest BCUT2D eigenvalue weighted by atomic mass is 32.2. The van der Waals surface area contributed by atoms with E-state index in [-0.39, 0.29) is 11.1 Å². The van der Waals surface area contributed by atoms with E-state index in [2.05, 4.69) is 0 Å². The summed E-state index contributed by atoms with van der Waals surface area (Å²) in [7, 11) is -4.25. The molecule has 0 spiro atoms. The predicted molar refractivity (Wildman–Crippen MR) is 68.4 cm³/mol. The number of nitriles is 1. The average molecular weight is 311 g/mol. The largest absolute Gasteiger partial charge is 0.223 e. The molecular formula is C14H8F3NO2S. The lowest BCUT2D eigenvalue weighted by atomic mass is 10.1. The molecule has 0 aliphatic carbocycles. The molecule has 0 radical (unpaired) electrons. The second kappa shape index (κ2) is 5.58. The molecule has 0 amide bonds. The van der Waals surface area contributed by atoms with E-state index in [1.807, 2.05) is 0 Å². The van der Waals surface area contributed by atoms with Gasteiger partial charge in [0.05, 0.1) is 17.4 Å². The maximum absolute atomic E-state index is 13.7. The summed E-state index contributed by atoms with van der Waals surface area (Å²) in [6, 6.07) is 6.99. The molecule has 0 heterocycles. The molecule has 0 unspecified atom stereocenters. The maximum atomic E-state index is 13.7. The molecule has 2 rings (SSSR count). The SMILES string of the molecule is N#Cc1ccc(CS(=O)(=O)c2cc(F)ccc2F)c(F)c1. The Morgan fingerprint density at radius 1 is 1.00 bits per heavy atom. The van der Waals surface area contributed by atoms with Gasteiger partial charge in [-0.1, -0.05) is 6.07 Å². The van der Waals surface area contributed by atoms with Crippen molar-refractivity contribution in [1.82, 2.24) is 0 Å². The summed E-state index contributed by atoms with van der Waals surface area (Å²) in [6.45, 7) is 0. The van der Waals surface area contributed by atoms with Crippen LogP contribution < -0.4 is 0 Å². The van der Waals surface area contributed by atoms with Crippen molar-refractivity contribution in [2.24, 2.45) is 0 Å². The Bertz CT molecular complexity index is 842. The Labute approximate surface area is 119 Å². The second-order valence-corrected chi connectivity index (χ2v) is 6.21.